The molecule has 0 bridgehead atoms. The Morgan fingerprint density at radius 3 is 2.88 bits per heavy atom. The molecule has 26 heavy (non-hydrogen) atoms. The maximum absolute atomic E-state index is 6.05. The van der Waals surface area contributed by atoms with E-state index >= 15 is 0 Å². The van der Waals surface area contributed by atoms with E-state index in [-0.39, 0.29) is 6.10 Å². The number of rotatable bonds is 5. The smallest absolute Gasteiger partial charge is 0.198 e. The Morgan fingerprint density at radius 1 is 1.38 bits per heavy atom. The predicted molar refractivity (Wildman–Crippen MR) is 111 cm³/mol. The standard InChI is InChI=1S/C18H22N4OS3/c1-9(2)8-25-18-21-20-15-14-11-6-12(10(3)4)23-7-13(11)26-16(14)19-17(24-5)22(15)18/h10,12H,1,6-8H2,2-5H3/t12-/m1/s1. The molecular formula is C18H22N4OS3. The lowest BCUT2D eigenvalue weighted by molar-refractivity contribution is 0.00203. The van der Waals surface area contributed by atoms with Gasteiger partial charge in [-0.05, 0) is 24.7 Å². The Hall–Kier alpha value is -1.09. The third-order valence-corrected chi connectivity index (χ3v) is 7.42. The molecule has 0 N–H and O–H groups in total. The molecule has 0 radical (unpaired) electrons. The summed E-state index contributed by atoms with van der Waals surface area (Å²) in [7, 11) is 0. The van der Waals surface area contributed by atoms with E-state index in [4.69, 9.17) is 9.72 Å². The van der Waals surface area contributed by atoms with Crippen LogP contribution in [0.15, 0.2) is 22.5 Å². The highest BCUT2D eigenvalue weighted by atomic mass is 32.2. The van der Waals surface area contributed by atoms with Gasteiger partial charge in [-0.2, -0.15) is 0 Å². The average molecular weight is 407 g/mol. The van der Waals surface area contributed by atoms with Gasteiger partial charge in [0.25, 0.3) is 0 Å². The van der Waals surface area contributed by atoms with Crippen LogP contribution in [-0.4, -0.2) is 37.7 Å². The molecule has 1 aliphatic heterocycles. The molecule has 1 atom stereocenters. The van der Waals surface area contributed by atoms with Crippen molar-refractivity contribution in [2.45, 2.75) is 50.2 Å². The van der Waals surface area contributed by atoms with Gasteiger partial charge >= 0.3 is 0 Å². The molecule has 0 aromatic carbocycles. The second kappa shape index (κ2) is 7.14. The summed E-state index contributed by atoms with van der Waals surface area (Å²) in [6.45, 7) is 11.1. The fourth-order valence-corrected chi connectivity index (χ4v) is 5.72. The number of nitrogens with zero attached hydrogens (tertiary/aromatic N) is 4. The number of hydrogen-bond donors (Lipinski definition) is 0. The number of ether oxygens (including phenoxy) is 1. The first-order valence-corrected chi connectivity index (χ1v) is 11.6. The van der Waals surface area contributed by atoms with Crippen molar-refractivity contribution in [1.82, 2.24) is 19.6 Å². The van der Waals surface area contributed by atoms with Gasteiger partial charge in [-0.3, -0.25) is 0 Å². The molecule has 1 aliphatic rings. The van der Waals surface area contributed by atoms with Gasteiger partial charge in [0, 0.05) is 17.1 Å². The van der Waals surface area contributed by atoms with Gasteiger partial charge in [0.15, 0.2) is 16.0 Å². The minimum atomic E-state index is 0.251. The van der Waals surface area contributed by atoms with Crippen LogP contribution in [0, 0.1) is 5.92 Å². The van der Waals surface area contributed by atoms with E-state index in [9.17, 15) is 0 Å². The molecule has 0 unspecified atom stereocenters. The largest absolute Gasteiger partial charge is 0.372 e. The minimum absolute atomic E-state index is 0.251. The van der Waals surface area contributed by atoms with Crippen molar-refractivity contribution in [2.75, 3.05) is 12.0 Å². The van der Waals surface area contributed by atoms with Crippen LogP contribution in [0.25, 0.3) is 15.9 Å². The van der Waals surface area contributed by atoms with Crippen molar-refractivity contribution in [3.05, 3.63) is 22.6 Å². The van der Waals surface area contributed by atoms with Crippen LogP contribution in [0.5, 0.6) is 0 Å². The molecule has 8 heteroatoms. The van der Waals surface area contributed by atoms with Crippen molar-refractivity contribution in [3.8, 4) is 0 Å². The third-order valence-electron chi connectivity index (χ3n) is 4.53. The fraction of sp³-hybridized carbons (Fsp3) is 0.500. The highest BCUT2D eigenvalue weighted by molar-refractivity contribution is 7.99. The highest BCUT2D eigenvalue weighted by Gasteiger charge is 2.28. The molecule has 0 spiro atoms. The van der Waals surface area contributed by atoms with Crippen LogP contribution < -0.4 is 0 Å². The predicted octanol–water partition coefficient (Wildman–Crippen LogP) is 4.83. The van der Waals surface area contributed by atoms with E-state index < -0.39 is 0 Å². The second-order valence-electron chi connectivity index (χ2n) is 6.97. The number of fused-ring (bicyclic) bond motifs is 5. The zero-order valence-electron chi connectivity index (χ0n) is 15.4. The summed E-state index contributed by atoms with van der Waals surface area (Å²) in [5.74, 6) is 1.32. The van der Waals surface area contributed by atoms with Crippen molar-refractivity contribution in [3.63, 3.8) is 0 Å². The van der Waals surface area contributed by atoms with E-state index in [0.717, 1.165) is 43.9 Å². The normalized spacial score (nSPS) is 17.3. The summed E-state index contributed by atoms with van der Waals surface area (Å²) < 4.78 is 8.16. The molecule has 0 aliphatic carbocycles. The maximum atomic E-state index is 6.05. The Balaban J connectivity index is 1.91. The third kappa shape index (κ3) is 3.06. The van der Waals surface area contributed by atoms with Gasteiger partial charge < -0.3 is 4.74 Å². The minimum Gasteiger partial charge on any atom is -0.372 e. The molecular weight excluding hydrogens is 384 g/mol. The lowest BCUT2D eigenvalue weighted by Gasteiger charge is -2.26. The van der Waals surface area contributed by atoms with Gasteiger partial charge in [0.05, 0.1) is 18.1 Å². The van der Waals surface area contributed by atoms with Crippen LogP contribution in [0.2, 0.25) is 0 Å². The summed E-state index contributed by atoms with van der Waals surface area (Å²) >= 11 is 5.03. The Kier molecular flexibility index (Phi) is 5.02. The topological polar surface area (TPSA) is 52.3 Å². The molecule has 138 valence electrons. The van der Waals surface area contributed by atoms with Gasteiger partial charge in [0.1, 0.15) is 4.83 Å². The SMILES string of the molecule is C=C(C)CSc1nnc2c3c4c(sc3nc(SC)n12)CO[C@@H](C(C)C)C4. The van der Waals surface area contributed by atoms with Crippen LogP contribution in [0.1, 0.15) is 31.2 Å². The van der Waals surface area contributed by atoms with E-state index in [1.165, 1.54) is 10.4 Å². The molecule has 4 heterocycles. The molecule has 0 saturated heterocycles. The number of thioether (sulfide) groups is 2. The van der Waals surface area contributed by atoms with Crippen molar-refractivity contribution >= 4 is 50.7 Å². The molecule has 5 nitrogen and oxygen atoms in total. The first kappa shape index (κ1) is 18.3. The maximum Gasteiger partial charge on any atom is 0.198 e. The second-order valence-corrected chi connectivity index (χ2v) is 9.77. The van der Waals surface area contributed by atoms with E-state index in [1.54, 1.807) is 34.9 Å². The first-order valence-electron chi connectivity index (χ1n) is 8.61. The molecule has 3 aromatic rings. The summed E-state index contributed by atoms with van der Waals surface area (Å²) in [5.41, 5.74) is 3.39. The first-order chi connectivity index (χ1) is 12.5. The van der Waals surface area contributed by atoms with Crippen molar-refractivity contribution < 1.29 is 4.74 Å². The van der Waals surface area contributed by atoms with Crippen molar-refractivity contribution in [1.29, 1.82) is 0 Å². The summed E-state index contributed by atoms with van der Waals surface area (Å²) in [4.78, 5) is 7.26. The van der Waals surface area contributed by atoms with Gasteiger partial charge in [-0.15, -0.1) is 21.5 Å². The fourth-order valence-electron chi connectivity index (χ4n) is 3.17. The Morgan fingerprint density at radius 2 is 2.19 bits per heavy atom. The van der Waals surface area contributed by atoms with Gasteiger partial charge in [-0.1, -0.05) is 49.5 Å². The zero-order chi connectivity index (χ0) is 18.4. The number of thiophene rings is 1. The summed E-state index contributed by atoms with van der Waals surface area (Å²) in [6.07, 6.45) is 3.22. The zero-order valence-corrected chi connectivity index (χ0v) is 17.9. The van der Waals surface area contributed by atoms with Crippen LogP contribution >= 0.6 is 34.9 Å². The lowest BCUT2D eigenvalue weighted by atomic mass is 9.96. The Labute approximate surface area is 165 Å². The molecule has 0 fully saturated rings. The molecule has 3 aromatic heterocycles. The molecule has 4 rings (SSSR count). The molecule has 0 saturated carbocycles. The van der Waals surface area contributed by atoms with Crippen LogP contribution in [-0.2, 0) is 17.8 Å². The Bertz CT molecular complexity index is 992. The molecule has 0 amide bonds. The number of hydrogen-bond acceptors (Lipinski definition) is 7. The lowest BCUT2D eigenvalue weighted by Crippen LogP contribution is -2.26. The van der Waals surface area contributed by atoms with Crippen LogP contribution in [0.4, 0.5) is 0 Å². The van der Waals surface area contributed by atoms with Crippen molar-refractivity contribution in [2.24, 2.45) is 5.92 Å². The summed E-state index contributed by atoms with van der Waals surface area (Å²) in [5, 5.41) is 12.0. The van der Waals surface area contributed by atoms with E-state index in [1.807, 2.05) is 13.2 Å². The quantitative estimate of drug-likeness (QED) is 0.344. The average Bonchev–Trinajstić information content (AvgIpc) is 3.19. The van der Waals surface area contributed by atoms with Gasteiger partial charge in [0.2, 0.25) is 0 Å². The number of aromatic nitrogens is 4. The highest BCUT2D eigenvalue weighted by Crippen LogP contribution is 2.40. The van der Waals surface area contributed by atoms with E-state index in [2.05, 4.69) is 35.0 Å². The van der Waals surface area contributed by atoms with Gasteiger partial charge in [-0.25, -0.2) is 9.38 Å². The monoisotopic (exact) mass is 406 g/mol. The van der Waals surface area contributed by atoms with E-state index in [0.29, 0.717) is 12.5 Å². The summed E-state index contributed by atoms with van der Waals surface area (Å²) in [6, 6.07) is 0. The van der Waals surface area contributed by atoms with Crippen LogP contribution in [0.3, 0.4) is 0 Å².